The van der Waals surface area contributed by atoms with E-state index in [1.54, 1.807) is 80.3 Å². The minimum atomic E-state index is -3.22. The van der Waals surface area contributed by atoms with E-state index in [4.69, 9.17) is 34.3 Å². The van der Waals surface area contributed by atoms with E-state index in [1.165, 1.54) is 36.3 Å². The summed E-state index contributed by atoms with van der Waals surface area (Å²) in [6, 6.07) is 14.3. The molecule has 10 rings (SSSR count). The zero-order valence-electron chi connectivity index (χ0n) is 42.2. The molecule has 1 aliphatic rings. The van der Waals surface area contributed by atoms with Crippen LogP contribution in [0.4, 0.5) is 11.5 Å². The fourth-order valence-electron chi connectivity index (χ4n) is 7.61. The molecule has 0 radical (unpaired) electrons. The quantitative estimate of drug-likeness (QED) is 0.0343. The summed E-state index contributed by atoms with van der Waals surface area (Å²) >= 11 is 27.1. The second kappa shape index (κ2) is 29.6. The highest BCUT2D eigenvalue weighted by molar-refractivity contribution is 9.11. The van der Waals surface area contributed by atoms with Crippen molar-refractivity contribution in [3.8, 4) is 12.3 Å². The number of nitrogens with one attached hydrogen (secondary N) is 1. The van der Waals surface area contributed by atoms with Crippen molar-refractivity contribution < 1.29 is 43.1 Å². The molecule has 422 valence electrons. The number of likely N-dealkylation sites (tertiary alicyclic amines) is 1. The number of carboxylic acids is 1. The lowest BCUT2D eigenvalue weighted by molar-refractivity contribution is -0.127. The van der Waals surface area contributed by atoms with E-state index in [-0.39, 0.29) is 40.8 Å². The van der Waals surface area contributed by atoms with Crippen molar-refractivity contribution in [1.29, 1.82) is 0 Å². The highest BCUT2D eigenvalue weighted by Crippen LogP contribution is 2.61. The molecule has 0 aliphatic carbocycles. The number of carbonyl (C=O) groups excluding carboxylic acids is 4. The Bertz CT molecular complexity index is 3840. The van der Waals surface area contributed by atoms with Gasteiger partial charge in [0.15, 0.2) is 0 Å². The minimum absolute atomic E-state index is 0.106. The summed E-state index contributed by atoms with van der Waals surface area (Å²) in [5, 5.41) is 28.8. The number of carbonyl (C=O) groups is 5. The Morgan fingerprint density at radius 2 is 1.25 bits per heavy atom. The summed E-state index contributed by atoms with van der Waals surface area (Å²) in [7, 11) is 4.59. The van der Waals surface area contributed by atoms with E-state index < -0.39 is 23.0 Å². The van der Waals surface area contributed by atoms with Gasteiger partial charge in [-0.05, 0) is 164 Å². The van der Waals surface area contributed by atoms with Crippen molar-refractivity contribution in [3.63, 3.8) is 0 Å². The standard InChI is InChI=1S/C16H21N5O3.C9H7BrN2O2.C8H6BrN3O.C8H4BrN3.C8H5BrN2O2.Cl3OP/c1-5-12-14(15(17)23)16(18-3)21(19-12)10-7-11(9-24-4)20(8-10)13(22)6-2;1-14-9(13)7-4-11-12-5-6(10)2-3-8(7)12;9-5-1-2-7-6(8(10)13)3-11-12(7)4-5;1-10-7-4-11-12-5-6(9)2-3-8(7)12;9-5-1-2-7-6(8(12)13)3-10-11(7)4-5;1-5(2,3)4/h1,6,10-11,18H,2,7-9H2,3-4H3,(H2,17,23);2-5H,1H3;1-4H,(H2,10,13);2-5H;1-4H,(H,12,13);/t10-,11+;;;;;/m0...../s1. The van der Waals surface area contributed by atoms with E-state index in [9.17, 15) is 28.5 Å². The molecule has 10 heterocycles. The molecule has 1 aliphatic heterocycles. The van der Waals surface area contributed by atoms with Crippen LogP contribution >= 0.6 is 103 Å². The third-order valence-corrected chi connectivity index (χ3v) is 12.9. The summed E-state index contributed by atoms with van der Waals surface area (Å²) in [5.41, 5.74) is 15.5. The first-order chi connectivity index (χ1) is 38.4. The molecule has 1 saturated heterocycles. The fraction of sp³-hybridized carbons (Fsp3) is 0.163. The highest BCUT2D eigenvalue weighted by atomic mass is 79.9. The molecule has 2 atom stereocenters. The van der Waals surface area contributed by atoms with Gasteiger partial charge in [-0.3, -0.25) is 23.5 Å². The van der Waals surface area contributed by atoms with Crippen LogP contribution in [0.25, 0.3) is 26.9 Å². The maximum absolute atomic E-state index is 12.1. The molecule has 32 heteroatoms. The molecule has 0 aromatic carbocycles. The fourth-order valence-corrected chi connectivity index (χ4v) is 8.91. The first-order valence-electron chi connectivity index (χ1n) is 22.6. The van der Waals surface area contributed by atoms with Crippen molar-refractivity contribution in [3.05, 3.63) is 168 Å². The van der Waals surface area contributed by atoms with E-state index in [2.05, 4.69) is 150 Å². The predicted molar refractivity (Wildman–Crippen MR) is 319 cm³/mol. The molecule has 9 aromatic rings. The van der Waals surface area contributed by atoms with E-state index in [0.29, 0.717) is 47.7 Å². The number of carboxylic acid groups (broad SMARTS) is 1. The number of hydrogen-bond donors (Lipinski definition) is 4. The Balaban J connectivity index is 0.000000186. The van der Waals surface area contributed by atoms with E-state index in [0.717, 1.165) is 34.4 Å². The lowest BCUT2D eigenvalue weighted by atomic mass is 10.1. The van der Waals surface area contributed by atoms with Gasteiger partial charge >= 0.3 is 17.1 Å². The van der Waals surface area contributed by atoms with Gasteiger partial charge in [-0.15, -0.1) is 6.42 Å². The third-order valence-electron chi connectivity index (χ3n) is 11.0. The van der Waals surface area contributed by atoms with Crippen LogP contribution in [0.1, 0.15) is 59.6 Å². The van der Waals surface area contributed by atoms with E-state index in [1.807, 2.05) is 36.5 Å². The number of esters is 1. The van der Waals surface area contributed by atoms with Crippen LogP contribution in [0.15, 0.2) is 129 Å². The van der Waals surface area contributed by atoms with Gasteiger partial charge in [0.25, 0.3) is 11.8 Å². The van der Waals surface area contributed by atoms with Gasteiger partial charge in [-0.1, -0.05) is 6.58 Å². The van der Waals surface area contributed by atoms with Crippen LogP contribution in [0.2, 0.25) is 0 Å². The Kier molecular flexibility index (Phi) is 23.6. The number of ether oxygens (including phenoxy) is 2. The first kappa shape index (κ1) is 64.7. The number of nitrogens with zero attached hydrogens (tertiary/aromatic N) is 12. The molecular weight excluding hydrogens is 1400 g/mol. The number of nitrogens with two attached hydrogens (primary N) is 2. The average molecular weight is 1440 g/mol. The predicted octanol–water partition coefficient (Wildman–Crippen LogP) is 10.3. The third kappa shape index (κ3) is 17.2. The van der Waals surface area contributed by atoms with Gasteiger partial charge in [0, 0.05) is 63.4 Å². The topological polar surface area (TPSA) is 300 Å². The number of amides is 3. The Morgan fingerprint density at radius 1 is 0.802 bits per heavy atom. The number of primary amides is 2. The van der Waals surface area contributed by atoms with Crippen LogP contribution in [0.5, 0.6) is 0 Å². The normalized spacial score (nSPS) is 13.3. The molecular formula is C49H43Br4Cl3N15O9P. The monoisotopic (exact) mass is 1440 g/mol. The number of terminal acetylenes is 1. The largest absolute Gasteiger partial charge is 0.478 e. The summed E-state index contributed by atoms with van der Waals surface area (Å²) in [6.07, 6.45) is 20.3. The minimum Gasteiger partial charge on any atom is -0.478 e. The van der Waals surface area contributed by atoms with Crippen molar-refractivity contribution in [1.82, 2.24) is 53.1 Å². The Morgan fingerprint density at radius 3 is 1.67 bits per heavy atom. The Labute approximate surface area is 508 Å². The number of aromatic nitrogens is 10. The number of rotatable bonds is 9. The van der Waals surface area contributed by atoms with Crippen molar-refractivity contribution in [2.24, 2.45) is 11.5 Å². The highest BCUT2D eigenvalue weighted by Gasteiger charge is 2.38. The number of fused-ring (bicyclic) bond motifs is 4. The van der Waals surface area contributed by atoms with Crippen molar-refractivity contribution in [2.45, 2.75) is 18.5 Å². The SMILES string of the molecule is C#Cc1nn([C@H]2C[C@H](COC)N(C(=O)C=C)C2)c(NC)c1C(N)=O.COC(=O)c1cnn2cc(Br)ccc12.NC(=O)c1cnn2cc(Br)ccc12.O=C(O)c1cnn2cc(Br)ccc12.O=P(Cl)(Cl)Cl.[C-]#[N+]c1cnn2cc(Br)ccc12. The number of aromatic carboxylic acids is 1. The molecule has 0 spiro atoms. The van der Waals surface area contributed by atoms with Crippen LogP contribution in [0.3, 0.4) is 0 Å². The Hall–Kier alpha value is -7.11. The summed E-state index contributed by atoms with van der Waals surface area (Å²) in [6.45, 7) is 11.2. The van der Waals surface area contributed by atoms with Crippen LogP contribution in [0, 0.1) is 18.9 Å². The lowest BCUT2D eigenvalue weighted by Crippen LogP contribution is -2.37. The molecule has 0 unspecified atom stereocenters. The maximum Gasteiger partial charge on any atom is 0.341 e. The van der Waals surface area contributed by atoms with Gasteiger partial charge in [-0.2, -0.15) is 25.5 Å². The molecule has 3 amide bonds. The van der Waals surface area contributed by atoms with Crippen molar-refractivity contribution in [2.75, 3.05) is 39.7 Å². The number of hydrogen-bond acceptors (Lipinski definition) is 14. The van der Waals surface area contributed by atoms with Gasteiger partial charge in [-0.25, -0.2) is 32.7 Å². The summed E-state index contributed by atoms with van der Waals surface area (Å²) < 4.78 is 31.0. The van der Waals surface area contributed by atoms with Gasteiger partial charge < -0.3 is 36.3 Å². The molecule has 6 N–H and O–H groups in total. The van der Waals surface area contributed by atoms with Crippen LogP contribution < -0.4 is 16.8 Å². The molecule has 1 fully saturated rings. The second-order valence-corrected chi connectivity index (χ2v) is 26.4. The van der Waals surface area contributed by atoms with Crippen LogP contribution in [-0.4, -0.2) is 128 Å². The molecule has 9 aromatic heterocycles. The van der Waals surface area contributed by atoms with Crippen molar-refractivity contribution >= 4 is 166 Å². The molecule has 0 bridgehead atoms. The van der Waals surface area contributed by atoms with Gasteiger partial charge in [0.2, 0.25) is 11.6 Å². The maximum atomic E-state index is 12.1. The average Bonchev–Trinajstić information content (AvgIpc) is 4.44. The van der Waals surface area contributed by atoms with Gasteiger partial charge in [0.05, 0.1) is 84.8 Å². The van der Waals surface area contributed by atoms with Crippen LogP contribution in [-0.2, 0) is 18.8 Å². The second-order valence-electron chi connectivity index (χ2n) is 16.1. The molecule has 24 nitrogen and oxygen atoms in total. The first-order valence-corrected chi connectivity index (χ1v) is 30.2. The zero-order valence-corrected chi connectivity index (χ0v) is 51.7. The number of halogens is 7. The van der Waals surface area contributed by atoms with Gasteiger partial charge in [0.1, 0.15) is 28.2 Å². The zero-order chi connectivity index (χ0) is 59.9. The van der Waals surface area contributed by atoms with E-state index >= 15 is 0 Å². The number of pyridine rings is 4. The number of anilines is 1. The molecule has 0 saturated carbocycles. The molecule has 81 heavy (non-hydrogen) atoms. The summed E-state index contributed by atoms with van der Waals surface area (Å²) in [5.74, 6) is 0.212. The smallest absolute Gasteiger partial charge is 0.341 e. The summed E-state index contributed by atoms with van der Waals surface area (Å²) in [4.78, 5) is 61.7. The number of methoxy groups -OCH3 is 2. The lowest BCUT2D eigenvalue weighted by Gasteiger charge is -2.22.